The van der Waals surface area contributed by atoms with Gasteiger partial charge in [0.2, 0.25) is 15.5 Å². The normalized spacial score (nSPS) is 18.6. The predicted molar refractivity (Wildman–Crippen MR) is 106 cm³/mol. The van der Waals surface area contributed by atoms with Gasteiger partial charge in [-0.15, -0.1) is 0 Å². The lowest BCUT2D eigenvalue weighted by molar-refractivity contribution is 0.0696. The lowest BCUT2D eigenvalue weighted by Crippen LogP contribution is -2.51. The highest BCUT2D eigenvalue weighted by atomic mass is 32.2. The van der Waals surface area contributed by atoms with Crippen LogP contribution in [0.1, 0.15) is 35.8 Å². The number of carbonyl (C=O) groups is 1. The van der Waals surface area contributed by atoms with Crippen LogP contribution in [0.2, 0.25) is 0 Å². The molecule has 150 valence electrons. The zero-order valence-corrected chi connectivity index (χ0v) is 16.9. The van der Waals surface area contributed by atoms with Crippen molar-refractivity contribution >= 4 is 27.0 Å². The standard InChI is InChI=1S/C19H24N4O4S/c1-3-21-12-16(17(24)15-7-4-13(2)20-18(15)21)19(25)22-8-10-23(11-9-22)28(26,27)14-5-6-14/h4,7,12,14H,3,5-6,8-11H2,1-2H3. The molecule has 9 heteroatoms. The molecular formula is C19H24N4O4S. The van der Waals surface area contributed by atoms with Crippen LogP contribution in [0.5, 0.6) is 0 Å². The molecule has 0 N–H and O–H groups in total. The van der Waals surface area contributed by atoms with E-state index in [4.69, 9.17) is 0 Å². The Bertz CT molecular complexity index is 1100. The van der Waals surface area contributed by atoms with Gasteiger partial charge in [-0.2, -0.15) is 4.31 Å². The van der Waals surface area contributed by atoms with Gasteiger partial charge in [0.1, 0.15) is 11.2 Å². The van der Waals surface area contributed by atoms with E-state index >= 15 is 0 Å². The number of hydrogen-bond donors (Lipinski definition) is 0. The molecule has 3 heterocycles. The number of fused-ring (bicyclic) bond motifs is 1. The average Bonchev–Trinajstić information content (AvgIpc) is 3.54. The van der Waals surface area contributed by atoms with Crippen LogP contribution in [0.4, 0.5) is 0 Å². The molecule has 8 nitrogen and oxygen atoms in total. The maximum atomic E-state index is 13.0. The van der Waals surface area contributed by atoms with E-state index in [0.29, 0.717) is 30.7 Å². The highest BCUT2D eigenvalue weighted by Crippen LogP contribution is 2.31. The predicted octanol–water partition coefficient (Wildman–Crippen LogP) is 0.975. The van der Waals surface area contributed by atoms with Crippen LogP contribution >= 0.6 is 0 Å². The zero-order chi connectivity index (χ0) is 20.1. The number of aryl methyl sites for hydroxylation is 2. The lowest BCUT2D eigenvalue weighted by Gasteiger charge is -2.34. The number of hydrogen-bond acceptors (Lipinski definition) is 5. The zero-order valence-electron chi connectivity index (χ0n) is 16.1. The van der Waals surface area contributed by atoms with Gasteiger partial charge in [0.05, 0.1) is 10.6 Å². The Balaban J connectivity index is 1.60. The van der Waals surface area contributed by atoms with Gasteiger partial charge in [-0.25, -0.2) is 13.4 Å². The maximum absolute atomic E-state index is 13.0. The number of piperazine rings is 1. The first kappa shape index (κ1) is 19.1. The van der Waals surface area contributed by atoms with Gasteiger partial charge in [0, 0.05) is 44.6 Å². The number of nitrogens with zero attached hydrogens (tertiary/aromatic N) is 4. The summed E-state index contributed by atoms with van der Waals surface area (Å²) in [5.74, 6) is -0.349. The first-order chi connectivity index (χ1) is 13.3. The summed E-state index contributed by atoms with van der Waals surface area (Å²) < 4.78 is 28.0. The van der Waals surface area contributed by atoms with Gasteiger partial charge in [0.25, 0.3) is 5.91 Å². The second kappa shape index (κ2) is 6.97. The van der Waals surface area contributed by atoms with Gasteiger partial charge in [0.15, 0.2) is 0 Å². The Labute approximate surface area is 163 Å². The van der Waals surface area contributed by atoms with E-state index in [0.717, 1.165) is 18.5 Å². The van der Waals surface area contributed by atoms with E-state index in [1.165, 1.54) is 4.31 Å². The second-order valence-corrected chi connectivity index (χ2v) is 9.63. The van der Waals surface area contributed by atoms with Crippen molar-refractivity contribution in [1.82, 2.24) is 18.8 Å². The van der Waals surface area contributed by atoms with Crippen LogP contribution in [0.15, 0.2) is 23.1 Å². The number of sulfonamides is 1. The molecule has 2 aromatic rings. The number of aromatic nitrogens is 2. The highest BCUT2D eigenvalue weighted by molar-refractivity contribution is 7.90. The van der Waals surface area contributed by atoms with Crippen molar-refractivity contribution in [3.8, 4) is 0 Å². The summed E-state index contributed by atoms with van der Waals surface area (Å²) in [4.78, 5) is 31.9. The van der Waals surface area contributed by atoms with E-state index in [-0.39, 0.29) is 35.2 Å². The van der Waals surface area contributed by atoms with Crippen molar-refractivity contribution in [3.05, 3.63) is 39.8 Å². The number of amides is 1. The van der Waals surface area contributed by atoms with Crippen LogP contribution in [0.25, 0.3) is 11.0 Å². The molecule has 0 radical (unpaired) electrons. The highest BCUT2D eigenvalue weighted by Gasteiger charge is 2.41. The molecule has 2 aromatic heterocycles. The van der Waals surface area contributed by atoms with Gasteiger partial charge >= 0.3 is 0 Å². The molecule has 1 saturated carbocycles. The van der Waals surface area contributed by atoms with Gasteiger partial charge in [-0.3, -0.25) is 9.59 Å². The molecule has 2 fully saturated rings. The second-order valence-electron chi connectivity index (χ2n) is 7.42. The van der Waals surface area contributed by atoms with Crippen LogP contribution in [0, 0.1) is 6.92 Å². The Morgan fingerprint density at radius 1 is 1.18 bits per heavy atom. The van der Waals surface area contributed by atoms with E-state index in [2.05, 4.69) is 4.98 Å². The first-order valence-electron chi connectivity index (χ1n) is 9.62. The molecule has 0 bridgehead atoms. The van der Waals surface area contributed by atoms with Gasteiger partial charge < -0.3 is 9.47 Å². The van der Waals surface area contributed by atoms with E-state index < -0.39 is 10.0 Å². The van der Waals surface area contributed by atoms with Crippen molar-refractivity contribution in [1.29, 1.82) is 0 Å². The van der Waals surface area contributed by atoms with Crippen molar-refractivity contribution < 1.29 is 13.2 Å². The molecule has 4 rings (SSSR count). The van der Waals surface area contributed by atoms with Crippen LogP contribution < -0.4 is 5.43 Å². The summed E-state index contributed by atoms with van der Waals surface area (Å²) in [6.07, 6.45) is 3.03. The Morgan fingerprint density at radius 2 is 1.86 bits per heavy atom. The fourth-order valence-corrected chi connectivity index (χ4v) is 5.47. The minimum atomic E-state index is -3.23. The lowest BCUT2D eigenvalue weighted by atomic mass is 10.1. The largest absolute Gasteiger partial charge is 0.336 e. The van der Waals surface area contributed by atoms with Gasteiger partial charge in [-0.1, -0.05) is 0 Å². The molecule has 1 saturated heterocycles. The van der Waals surface area contributed by atoms with E-state index in [1.54, 1.807) is 23.2 Å². The third kappa shape index (κ3) is 3.22. The molecule has 2 aliphatic rings. The fourth-order valence-electron chi connectivity index (χ4n) is 3.65. The van der Waals surface area contributed by atoms with Crippen LogP contribution in [-0.4, -0.2) is 64.5 Å². The van der Waals surface area contributed by atoms with Crippen molar-refractivity contribution in [2.75, 3.05) is 26.2 Å². The minimum absolute atomic E-state index is 0.110. The molecule has 0 aromatic carbocycles. The number of rotatable bonds is 4. The fraction of sp³-hybridized carbons (Fsp3) is 0.526. The van der Waals surface area contributed by atoms with E-state index in [9.17, 15) is 18.0 Å². The van der Waals surface area contributed by atoms with Crippen LogP contribution in [0.3, 0.4) is 0 Å². The van der Waals surface area contributed by atoms with Gasteiger partial charge in [-0.05, 0) is 38.8 Å². The monoisotopic (exact) mass is 404 g/mol. The molecule has 1 amide bonds. The molecule has 0 spiro atoms. The quantitative estimate of drug-likeness (QED) is 0.757. The van der Waals surface area contributed by atoms with Crippen molar-refractivity contribution in [3.63, 3.8) is 0 Å². The van der Waals surface area contributed by atoms with E-state index in [1.807, 2.05) is 18.4 Å². The summed E-state index contributed by atoms with van der Waals surface area (Å²) in [5, 5.41) is 0.177. The number of pyridine rings is 2. The van der Waals surface area contributed by atoms with Crippen molar-refractivity contribution in [2.45, 2.75) is 38.5 Å². The molecule has 1 aliphatic heterocycles. The maximum Gasteiger partial charge on any atom is 0.259 e. The summed E-state index contributed by atoms with van der Waals surface area (Å²) in [7, 11) is -3.23. The summed E-state index contributed by atoms with van der Waals surface area (Å²) in [6, 6.07) is 3.47. The molecular weight excluding hydrogens is 380 g/mol. The third-order valence-corrected chi connectivity index (χ3v) is 7.86. The summed E-state index contributed by atoms with van der Waals surface area (Å²) in [6.45, 7) is 5.52. The third-order valence-electron chi connectivity index (χ3n) is 5.46. The topological polar surface area (TPSA) is 92.6 Å². The summed E-state index contributed by atoms with van der Waals surface area (Å²) >= 11 is 0. The Kier molecular flexibility index (Phi) is 4.75. The smallest absolute Gasteiger partial charge is 0.259 e. The summed E-state index contributed by atoms with van der Waals surface area (Å²) in [5.41, 5.74) is 1.16. The minimum Gasteiger partial charge on any atom is -0.336 e. The number of carbonyl (C=O) groups excluding carboxylic acids is 1. The van der Waals surface area contributed by atoms with Crippen molar-refractivity contribution in [2.24, 2.45) is 0 Å². The Hall–Kier alpha value is -2.26. The molecule has 1 aliphatic carbocycles. The Morgan fingerprint density at radius 3 is 2.46 bits per heavy atom. The molecule has 28 heavy (non-hydrogen) atoms. The average molecular weight is 404 g/mol. The molecule has 0 unspecified atom stereocenters. The first-order valence-corrected chi connectivity index (χ1v) is 11.1. The molecule has 0 atom stereocenters. The van der Waals surface area contributed by atoms with Crippen LogP contribution in [-0.2, 0) is 16.6 Å². The SMILES string of the molecule is CCn1cc(C(=O)N2CCN(S(=O)(=O)C3CC3)CC2)c(=O)c2ccc(C)nc21.